The van der Waals surface area contributed by atoms with E-state index in [9.17, 15) is 15.8 Å². The van der Waals surface area contributed by atoms with Gasteiger partial charge in [0.2, 0.25) is 0 Å². The molecule has 6 heterocycles. The lowest BCUT2D eigenvalue weighted by molar-refractivity contribution is 0.464. The highest BCUT2D eigenvalue weighted by molar-refractivity contribution is 7.03. The molecule has 0 spiro atoms. The Hall–Kier alpha value is -11.1. The van der Waals surface area contributed by atoms with E-state index in [2.05, 4.69) is 208 Å². The second-order valence-corrected chi connectivity index (χ2v) is 21.3. The minimum absolute atomic E-state index is 0.247. The molecule has 370 valence electrons. The van der Waals surface area contributed by atoms with Gasteiger partial charge in [-0.05, 0) is 141 Å². The van der Waals surface area contributed by atoms with Crippen LogP contribution in [0.5, 0.6) is 23.0 Å². The van der Waals surface area contributed by atoms with Gasteiger partial charge in [-0.15, -0.1) is 0 Å². The lowest BCUT2D eigenvalue weighted by Crippen LogP contribution is -2.65. The van der Waals surface area contributed by atoms with Crippen molar-refractivity contribution in [2.45, 2.75) is 0 Å². The van der Waals surface area contributed by atoms with Crippen LogP contribution in [0.15, 0.2) is 231 Å². The third-order valence-corrected chi connectivity index (χ3v) is 17.1. The number of nitrogens with zero attached hydrogens (tertiary/aromatic N) is 7. The Labute approximate surface area is 468 Å². The summed E-state index contributed by atoms with van der Waals surface area (Å²) in [4.78, 5) is 9.19. The van der Waals surface area contributed by atoms with E-state index in [-0.39, 0.29) is 13.4 Å². The number of rotatable bonds is 4. The van der Waals surface area contributed by atoms with Crippen LogP contribution in [0, 0.1) is 34.0 Å². The first-order valence-electron chi connectivity index (χ1n) is 27.1. The fourth-order valence-corrected chi connectivity index (χ4v) is 14.0. The summed E-state index contributed by atoms with van der Waals surface area (Å²) < 4.78 is 14.4. The lowest BCUT2D eigenvalue weighted by atomic mass is 9.29. The molecule has 0 radical (unpaired) electrons. The first-order chi connectivity index (χ1) is 40.0. The molecule has 17 rings (SSSR count). The second-order valence-electron chi connectivity index (χ2n) is 21.3. The quantitative estimate of drug-likeness (QED) is 0.160. The maximum atomic E-state index is 10.8. The van der Waals surface area contributed by atoms with Crippen molar-refractivity contribution in [2.75, 3.05) is 19.6 Å². The van der Waals surface area contributed by atoms with Crippen molar-refractivity contribution in [3.63, 3.8) is 0 Å². The SMILES string of the molecule is N#Cc1cc2c3c(c1)Oc1cc4c(cc1B3c1cc3c(cc1O2)N(c1ccccc1)c1cc(C#N)cc2c1B3c1ccccc1N2c1ccccc1)B1c2ccccc2N(c2ccccc2)c2cc(C#N)cc(c21)N4c1ccccc1. The lowest BCUT2D eigenvalue weighted by Gasteiger charge is -2.45. The molecule has 81 heavy (non-hydrogen) atoms. The average molecular weight is 1030 g/mol. The molecule has 12 heteroatoms. The fourth-order valence-electron chi connectivity index (χ4n) is 14.0. The Morgan fingerprint density at radius 1 is 0.259 bits per heavy atom. The number of hydrogen-bond acceptors (Lipinski definition) is 9. The summed E-state index contributed by atoms with van der Waals surface area (Å²) in [5.41, 5.74) is 22.5. The smallest absolute Gasteiger partial charge is 0.260 e. The Kier molecular flexibility index (Phi) is 9.40. The Bertz CT molecular complexity index is 4410. The molecule has 11 aromatic carbocycles. The molecule has 11 aromatic rings. The van der Waals surface area contributed by atoms with Gasteiger partial charge in [0.1, 0.15) is 23.0 Å². The van der Waals surface area contributed by atoms with Gasteiger partial charge in [0.15, 0.2) is 0 Å². The molecular formula is C69H38B3N7O2. The van der Waals surface area contributed by atoms with Crippen LogP contribution in [0.25, 0.3) is 0 Å². The first kappa shape index (κ1) is 45.0. The van der Waals surface area contributed by atoms with Crippen molar-refractivity contribution in [3.8, 4) is 41.2 Å². The summed E-state index contributed by atoms with van der Waals surface area (Å²) in [5.74, 6) is 2.45. The van der Waals surface area contributed by atoms with Crippen molar-refractivity contribution in [1.29, 1.82) is 15.8 Å². The molecule has 0 saturated heterocycles. The molecule has 6 aliphatic heterocycles. The fraction of sp³-hybridized carbons (Fsp3) is 0. The number of benzene rings is 11. The molecular weight excluding hydrogens is 991 g/mol. The van der Waals surface area contributed by atoms with Crippen LogP contribution in [-0.4, -0.2) is 20.1 Å². The average Bonchev–Trinajstić information content (AvgIpc) is 1.78. The highest BCUT2D eigenvalue weighted by Gasteiger charge is 2.50. The Balaban J connectivity index is 0.945. The van der Waals surface area contributed by atoms with Crippen molar-refractivity contribution in [1.82, 2.24) is 0 Å². The number of anilines is 12. The van der Waals surface area contributed by atoms with Crippen LogP contribution in [0.4, 0.5) is 68.2 Å². The van der Waals surface area contributed by atoms with E-state index in [1.807, 2.05) is 60.7 Å². The van der Waals surface area contributed by atoms with E-state index in [0.717, 1.165) is 117 Å². The predicted molar refractivity (Wildman–Crippen MR) is 326 cm³/mol. The van der Waals surface area contributed by atoms with Gasteiger partial charge in [0.25, 0.3) is 20.1 Å². The summed E-state index contributed by atoms with van der Waals surface area (Å²) in [6, 6.07) is 87.3. The molecule has 0 unspecified atom stereocenters. The van der Waals surface area contributed by atoms with Gasteiger partial charge in [-0.1, -0.05) is 121 Å². The minimum atomic E-state index is -0.399. The maximum absolute atomic E-state index is 10.8. The molecule has 9 nitrogen and oxygen atoms in total. The molecule has 0 aliphatic carbocycles. The van der Waals surface area contributed by atoms with Crippen molar-refractivity contribution in [3.05, 3.63) is 247 Å². The van der Waals surface area contributed by atoms with Gasteiger partial charge >= 0.3 is 0 Å². The maximum Gasteiger partial charge on any atom is 0.260 e. The van der Waals surface area contributed by atoms with Crippen LogP contribution in [0.1, 0.15) is 16.7 Å². The predicted octanol–water partition coefficient (Wildman–Crippen LogP) is 10.2. The highest BCUT2D eigenvalue weighted by atomic mass is 16.5. The van der Waals surface area contributed by atoms with Crippen LogP contribution < -0.4 is 78.2 Å². The standard InChI is InChI=1S/C69H38B3N7O2/c73-39-42-29-59-67-61(31-42)78(47-21-9-3-10-22-47)57-37-63-53(35-51(57)70(67)49-25-13-15-27-55(49)76(59)45-17-5-1-6-18-45)72-54-36-52-58(38-64(54)81-66-34-44(41-75)33-65(80-63)69(66)72)79(48-23-11-4-12-24-48)62-32-43(40-74)30-60-68(62)71(52)50-26-14-16-28-56(50)77(60)46-19-7-2-8-20-46/h1-38H. The van der Waals surface area contributed by atoms with Crippen molar-refractivity contribution >= 4 is 138 Å². The molecule has 0 N–H and O–H groups in total. The van der Waals surface area contributed by atoms with Crippen LogP contribution in [0.2, 0.25) is 0 Å². The summed E-state index contributed by atoms with van der Waals surface area (Å²) in [6.07, 6.45) is 0. The third kappa shape index (κ3) is 6.32. The number of para-hydroxylation sites is 6. The topological polar surface area (TPSA) is 103 Å². The molecule has 0 amide bonds. The van der Waals surface area contributed by atoms with E-state index in [1.165, 1.54) is 0 Å². The summed E-state index contributed by atoms with van der Waals surface area (Å²) in [6.45, 7) is -0.894. The summed E-state index contributed by atoms with van der Waals surface area (Å²) in [7, 11) is 0. The first-order valence-corrected chi connectivity index (χ1v) is 27.1. The van der Waals surface area contributed by atoms with E-state index in [0.29, 0.717) is 39.7 Å². The molecule has 0 fully saturated rings. The minimum Gasteiger partial charge on any atom is -0.458 e. The zero-order valence-corrected chi connectivity index (χ0v) is 43.1. The zero-order chi connectivity index (χ0) is 53.6. The number of nitriles is 3. The second kappa shape index (κ2) is 16.9. The van der Waals surface area contributed by atoms with Crippen molar-refractivity contribution < 1.29 is 9.47 Å². The van der Waals surface area contributed by atoms with E-state index < -0.39 is 6.71 Å². The van der Waals surface area contributed by atoms with Gasteiger partial charge in [-0.25, -0.2) is 0 Å². The Morgan fingerprint density at radius 3 is 0.926 bits per heavy atom. The largest absolute Gasteiger partial charge is 0.458 e. The van der Waals surface area contributed by atoms with Crippen molar-refractivity contribution in [2.24, 2.45) is 0 Å². The van der Waals surface area contributed by atoms with Gasteiger partial charge in [0, 0.05) is 85.8 Å². The molecule has 6 aliphatic rings. The molecule has 0 aromatic heterocycles. The van der Waals surface area contributed by atoms with Gasteiger partial charge in [-0.3, -0.25) is 0 Å². The van der Waals surface area contributed by atoms with E-state index in [4.69, 9.17) is 9.47 Å². The summed E-state index contributed by atoms with van der Waals surface area (Å²) in [5, 5.41) is 32.3. The molecule has 0 saturated carbocycles. The molecule has 0 atom stereocenters. The highest BCUT2D eigenvalue weighted by Crippen LogP contribution is 2.49. The monoisotopic (exact) mass is 1030 g/mol. The van der Waals surface area contributed by atoms with Crippen LogP contribution in [0.3, 0.4) is 0 Å². The van der Waals surface area contributed by atoms with E-state index >= 15 is 0 Å². The normalized spacial score (nSPS) is 13.7. The number of fused-ring (bicyclic) bond motifs is 12. The van der Waals surface area contributed by atoms with E-state index in [1.54, 1.807) is 0 Å². The summed E-state index contributed by atoms with van der Waals surface area (Å²) >= 11 is 0. The van der Waals surface area contributed by atoms with Gasteiger partial charge in [0.05, 0.1) is 34.9 Å². The van der Waals surface area contributed by atoms with Gasteiger partial charge in [-0.2, -0.15) is 15.8 Å². The molecule has 0 bridgehead atoms. The number of ether oxygens (including phenoxy) is 2. The third-order valence-electron chi connectivity index (χ3n) is 17.1. The number of hydrogen-bond donors (Lipinski definition) is 0. The van der Waals surface area contributed by atoms with Crippen LogP contribution in [-0.2, 0) is 0 Å². The van der Waals surface area contributed by atoms with Gasteiger partial charge < -0.3 is 29.1 Å². The zero-order valence-electron chi connectivity index (χ0n) is 43.1. The Morgan fingerprint density at radius 2 is 0.568 bits per heavy atom. The van der Waals surface area contributed by atoms with Crippen LogP contribution >= 0.6 is 0 Å².